The monoisotopic (exact) mass is 466 g/mol. The van der Waals surface area contributed by atoms with Crippen molar-refractivity contribution >= 4 is 33.3 Å². The average Bonchev–Trinajstić information content (AvgIpc) is 3.11. The highest BCUT2D eigenvalue weighted by Gasteiger charge is 2.47. The second-order valence-electron chi connectivity index (χ2n) is 7.81. The molecule has 1 fully saturated rings. The van der Waals surface area contributed by atoms with Crippen LogP contribution >= 0.6 is 11.6 Å². The fraction of sp³-hybridized carbons (Fsp3) is 0.333. The Labute approximate surface area is 184 Å². The lowest BCUT2D eigenvalue weighted by Gasteiger charge is -2.34. The number of rotatable bonds is 4. The molecular weight excluding hydrogens is 447 g/mol. The van der Waals surface area contributed by atoms with Gasteiger partial charge in [-0.05, 0) is 37.3 Å². The van der Waals surface area contributed by atoms with E-state index < -0.39 is 33.4 Å². The Balaban J connectivity index is 1.46. The summed E-state index contributed by atoms with van der Waals surface area (Å²) >= 11 is 5.67. The number of nitrogens with one attached hydrogen (secondary N) is 1. The Morgan fingerprint density at radius 3 is 2.77 bits per heavy atom. The Morgan fingerprint density at radius 2 is 2.03 bits per heavy atom. The molecule has 0 saturated carbocycles. The van der Waals surface area contributed by atoms with Gasteiger partial charge in [0, 0.05) is 13.0 Å². The number of likely N-dealkylation sites (tertiary alicyclic amines) is 1. The molecule has 2 aromatic carbocycles. The molecule has 31 heavy (non-hydrogen) atoms. The Morgan fingerprint density at radius 1 is 1.29 bits per heavy atom. The molecular formula is C21H20ClFN2O5S. The van der Waals surface area contributed by atoms with E-state index in [-0.39, 0.29) is 28.7 Å². The number of halogens is 2. The van der Waals surface area contributed by atoms with Gasteiger partial charge in [0.05, 0.1) is 34.5 Å². The number of sulfonamides is 1. The molecule has 2 heterocycles. The van der Waals surface area contributed by atoms with Crippen molar-refractivity contribution in [1.29, 1.82) is 0 Å². The van der Waals surface area contributed by atoms with Crippen molar-refractivity contribution < 1.29 is 27.1 Å². The second kappa shape index (κ2) is 7.89. The van der Waals surface area contributed by atoms with Crippen LogP contribution in [0.25, 0.3) is 0 Å². The molecule has 4 rings (SSSR count). The van der Waals surface area contributed by atoms with Crippen molar-refractivity contribution in [2.45, 2.75) is 36.3 Å². The number of para-hydroxylation sites is 1. The molecule has 2 aromatic rings. The molecule has 0 bridgehead atoms. The summed E-state index contributed by atoms with van der Waals surface area (Å²) in [6.45, 7) is 1.95. The van der Waals surface area contributed by atoms with Gasteiger partial charge in [-0.25, -0.2) is 12.8 Å². The topological polar surface area (TPSA) is 92.8 Å². The minimum absolute atomic E-state index is 0.0434. The van der Waals surface area contributed by atoms with Crippen LogP contribution in [0.4, 0.5) is 4.39 Å². The number of amides is 1. The molecule has 2 atom stereocenters. The van der Waals surface area contributed by atoms with E-state index in [0.717, 1.165) is 18.2 Å². The normalized spacial score (nSPS) is 21.6. The van der Waals surface area contributed by atoms with Gasteiger partial charge in [0.2, 0.25) is 15.9 Å². The Bertz CT molecular complexity index is 1170. The maximum Gasteiger partial charge on any atom is 0.241 e. The Hall–Kier alpha value is -2.49. The van der Waals surface area contributed by atoms with Gasteiger partial charge < -0.3 is 9.64 Å². The first-order valence-corrected chi connectivity index (χ1v) is 11.5. The highest BCUT2D eigenvalue weighted by molar-refractivity contribution is 7.89. The second-order valence-corrected chi connectivity index (χ2v) is 9.93. The first-order valence-electron chi connectivity index (χ1n) is 9.68. The molecule has 1 amide bonds. The predicted octanol–water partition coefficient (Wildman–Crippen LogP) is 2.78. The zero-order valence-corrected chi connectivity index (χ0v) is 18.2. The van der Waals surface area contributed by atoms with Crippen molar-refractivity contribution in [1.82, 2.24) is 9.62 Å². The van der Waals surface area contributed by atoms with Crippen LogP contribution in [0.5, 0.6) is 5.75 Å². The maximum atomic E-state index is 13.3. The predicted molar refractivity (Wildman–Crippen MR) is 111 cm³/mol. The molecule has 2 aliphatic rings. The number of fused-ring (bicyclic) bond motifs is 1. The number of hydrogen-bond acceptors (Lipinski definition) is 5. The molecule has 0 aromatic heterocycles. The van der Waals surface area contributed by atoms with E-state index in [2.05, 4.69) is 4.72 Å². The number of benzene rings is 2. The summed E-state index contributed by atoms with van der Waals surface area (Å²) in [5.74, 6) is -0.729. The van der Waals surface area contributed by atoms with Gasteiger partial charge in [-0.1, -0.05) is 23.7 Å². The summed E-state index contributed by atoms with van der Waals surface area (Å²) in [5.41, 5.74) is -0.290. The van der Waals surface area contributed by atoms with Crippen LogP contribution in [-0.4, -0.2) is 49.7 Å². The van der Waals surface area contributed by atoms with Crippen molar-refractivity contribution in [3.8, 4) is 5.75 Å². The summed E-state index contributed by atoms with van der Waals surface area (Å²) in [7, 11) is -4.09. The van der Waals surface area contributed by atoms with E-state index >= 15 is 0 Å². The quantitative estimate of drug-likeness (QED) is 0.748. The van der Waals surface area contributed by atoms with E-state index in [9.17, 15) is 22.4 Å². The lowest BCUT2D eigenvalue weighted by atomic mass is 9.89. The molecule has 0 aliphatic carbocycles. The summed E-state index contributed by atoms with van der Waals surface area (Å²) < 4.78 is 46.9. The number of ether oxygens (including phenoxy) is 1. The number of nitrogens with zero attached hydrogens (tertiary/aromatic N) is 1. The molecule has 2 aliphatic heterocycles. The van der Waals surface area contributed by atoms with Crippen molar-refractivity contribution in [3.05, 3.63) is 58.9 Å². The van der Waals surface area contributed by atoms with Gasteiger partial charge in [0.25, 0.3) is 0 Å². The number of hydrogen-bond donors (Lipinski definition) is 1. The SMILES string of the molecule is CC(NS(=O)(=O)c1ccc(F)c(Cl)c1)C(=O)N1CCC2(CC(=O)c3ccccc3O2)C1. The van der Waals surface area contributed by atoms with Gasteiger partial charge in [-0.2, -0.15) is 4.72 Å². The van der Waals surface area contributed by atoms with Gasteiger partial charge >= 0.3 is 0 Å². The molecule has 7 nitrogen and oxygen atoms in total. The molecule has 164 valence electrons. The number of ketones is 1. The maximum absolute atomic E-state index is 13.3. The van der Waals surface area contributed by atoms with Crippen LogP contribution < -0.4 is 9.46 Å². The van der Waals surface area contributed by atoms with E-state index in [1.54, 1.807) is 24.3 Å². The van der Waals surface area contributed by atoms with Crippen molar-refractivity contribution in [3.63, 3.8) is 0 Å². The molecule has 0 radical (unpaired) electrons. The summed E-state index contributed by atoms with van der Waals surface area (Å²) in [6.07, 6.45) is 0.619. The zero-order chi connectivity index (χ0) is 22.4. The largest absolute Gasteiger partial charge is 0.484 e. The van der Waals surface area contributed by atoms with Crippen LogP contribution in [0.15, 0.2) is 47.4 Å². The minimum Gasteiger partial charge on any atom is -0.484 e. The fourth-order valence-corrected chi connectivity index (χ4v) is 5.44. The molecule has 2 unspecified atom stereocenters. The average molecular weight is 467 g/mol. The van der Waals surface area contributed by atoms with Gasteiger partial charge in [0.1, 0.15) is 17.2 Å². The van der Waals surface area contributed by atoms with Crippen LogP contribution in [0, 0.1) is 5.82 Å². The van der Waals surface area contributed by atoms with Gasteiger partial charge in [-0.3, -0.25) is 9.59 Å². The highest BCUT2D eigenvalue weighted by atomic mass is 35.5. The zero-order valence-electron chi connectivity index (χ0n) is 16.6. The smallest absolute Gasteiger partial charge is 0.241 e. The lowest BCUT2D eigenvalue weighted by molar-refractivity contribution is -0.132. The van der Waals surface area contributed by atoms with Crippen LogP contribution in [0.1, 0.15) is 30.1 Å². The standard InChI is InChI=1S/C21H20ClFN2O5S/c1-13(24-31(28,29)14-6-7-17(23)16(22)10-14)20(27)25-9-8-21(12-25)11-18(26)15-4-2-3-5-19(15)30-21/h2-7,10,13,24H,8-9,11-12H2,1H3. The summed E-state index contributed by atoms with van der Waals surface area (Å²) in [5, 5.41) is -0.331. The first kappa shape index (κ1) is 21.7. The molecule has 1 saturated heterocycles. The first-order chi connectivity index (χ1) is 14.6. The van der Waals surface area contributed by atoms with Crippen LogP contribution in [0.3, 0.4) is 0 Å². The third kappa shape index (κ3) is 4.17. The molecule has 1 spiro atoms. The summed E-state index contributed by atoms with van der Waals surface area (Å²) in [4.78, 5) is 26.7. The highest BCUT2D eigenvalue weighted by Crippen LogP contribution is 2.38. The lowest BCUT2D eigenvalue weighted by Crippen LogP contribution is -2.49. The van der Waals surface area contributed by atoms with E-state index in [1.807, 2.05) is 0 Å². The Kier molecular flexibility index (Phi) is 5.53. The molecule has 1 N–H and O–H groups in total. The third-order valence-corrected chi connectivity index (χ3v) is 7.36. The third-order valence-electron chi connectivity index (χ3n) is 5.53. The van der Waals surface area contributed by atoms with Gasteiger partial charge in [-0.15, -0.1) is 0 Å². The van der Waals surface area contributed by atoms with Gasteiger partial charge in [0.15, 0.2) is 5.78 Å². The number of carbonyl (C=O) groups is 2. The van der Waals surface area contributed by atoms with E-state index in [4.69, 9.17) is 16.3 Å². The minimum atomic E-state index is -4.09. The van der Waals surface area contributed by atoms with Crippen molar-refractivity contribution in [2.75, 3.05) is 13.1 Å². The number of carbonyl (C=O) groups excluding carboxylic acids is 2. The number of Topliss-reactive ketones (excluding diaryl/α,β-unsaturated/α-hetero) is 1. The molecule has 10 heteroatoms. The van der Waals surface area contributed by atoms with E-state index in [0.29, 0.717) is 24.3 Å². The fourth-order valence-electron chi connectivity index (χ4n) is 3.97. The van der Waals surface area contributed by atoms with Crippen LogP contribution in [0.2, 0.25) is 5.02 Å². The summed E-state index contributed by atoms with van der Waals surface area (Å²) in [6, 6.07) is 8.92. The van der Waals surface area contributed by atoms with Crippen molar-refractivity contribution in [2.24, 2.45) is 0 Å². The van der Waals surface area contributed by atoms with E-state index in [1.165, 1.54) is 11.8 Å². The van der Waals surface area contributed by atoms with Crippen LogP contribution in [-0.2, 0) is 14.8 Å².